The minimum absolute atomic E-state index is 0.0554. The second-order valence-electron chi connectivity index (χ2n) is 5.53. The van der Waals surface area contributed by atoms with Crippen LogP contribution in [0.1, 0.15) is 17.0 Å². The molecule has 0 spiro atoms. The molecular weight excluding hydrogens is 304 g/mol. The first-order chi connectivity index (χ1) is 11.6. The van der Waals surface area contributed by atoms with Crippen molar-refractivity contribution in [3.8, 4) is 0 Å². The summed E-state index contributed by atoms with van der Waals surface area (Å²) in [5.74, 6) is 0.192. The summed E-state index contributed by atoms with van der Waals surface area (Å²) in [6.07, 6.45) is 0.0554. The number of aromatic nitrogens is 2. The lowest BCUT2D eigenvalue weighted by Gasteiger charge is -2.02. The fraction of sp³-hybridized carbons (Fsp3) is 0.222. The van der Waals surface area contributed by atoms with Gasteiger partial charge in [0.05, 0.1) is 24.9 Å². The number of aryl methyl sites for hydroxylation is 2. The molecule has 0 fully saturated rings. The lowest BCUT2D eigenvalue weighted by Crippen LogP contribution is -2.04. The van der Waals surface area contributed by atoms with Crippen LogP contribution in [-0.4, -0.2) is 22.5 Å². The molecule has 0 aliphatic carbocycles. The third-order valence-electron chi connectivity index (χ3n) is 3.72. The summed E-state index contributed by atoms with van der Waals surface area (Å²) in [5.41, 5.74) is 4.15. The number of nitrogens with zero attached hydrogens (tertiary/aromatic N) is 4. The SMILES string of the molecule is COC(=O)Cc1nc2cccc(C)n2c1N=Nc1ccc(C)cc1. The average Bonchev–Trinajstić information content (AvgIpc) is 2.92. The van der Waals surface area contributed by atoms with E-state index in [-0.39, 0.29) is 12.4 Å². The van der Waals surface area contributed by atoms with Crippen LogP contribution in [0.25, 0.3) is 5.65 Å². The normalized spacial score (nSPS) is 11.3. The lowest BCUT2D eigenvalue weighted by molar-refractivity contribution is -0.139. The Morgan fingerprint density at radius 3 is 2.58 bits per heavy atom. The smallest absolute Gasteiger partial charge is 0.311 e. The van der Waals surface area contributed by atoms with Crippen molar-refractivity contribution in [3.63, 3.8) is 0 Å². The van der Waals surface area contributed by atoms with E-state index in [2.05, 4.69) is 15.2 Å². The lowest BCUT2D eigenvalue weighted by atomic mass is 10.2. The van der Waals surface area contributed by atoms with Crippen LogP contribution in [0.2, 0.25) is 0 Å². The van der Waals surface area contributed by atoms with Crippen LogP contribution in [0, 0.1) is 13.8 Å². The Labute approximate surface area is 139 Å². The zero-order valence-corrected chi connectivity index (χ0v) is 13.9. The summed E-state index contributed by atoms with van der Waals surface area (Å²) in [6, 6.07) is 13.5. The Balaban J connectivity index is 2.07. The van der Waals surface area contributed by atoms with E-state index in [1.165, 1.54) is 7.11 Å². The maximum atomic E-state index is 11.7. The minimum atomic E-state index is -0.358. The van der Waals surface area contributed by atoms with Gasteiger partial charge in [-0.2, -0.15) is 0 Å². The molecule has 6 heteroatoms. The highest BCUT2D eigenvalue weighted by Crippen LogP contribution is 2.26. The van der Waals surface area contributed by atoms with Crippen molar-refractivity contribution in [2.45, 2.75) is 20.3 Å². The van der Waals surface area contributed by atoms with Gasteiger partial charge in [0, 0.05) is 5.69 Å². The molecule has 2 aromatic heterocycles. The highest BCUT2D eigenvalue weighted by atomic mass is 16.5. The van der Waals surface area contributed by atoms with E-state index in [1.54, 1.807) is 0 Å². The molecule has 0 aliphatic rings. The predicted molar refractivity (Wildman–Crippen MR) is 91.0 cm³/mol. The van der Waals surface area contributed by atoms with E-state index >= 15 is 0 Å². The number of rotatable bonds is 4. The van der Waals surface area contributed by atoms with Gasteiger partial charge in [-0.15, -0.1) is 10.2 Å². The molecule has 0 saturated heterocycles. The first kappa shape index (κ1) is 15.9. The number of carbonyl (C=O) groups excluding carboxylic acids is 1. The van der Waals surface area contributed by atoms with E-state index in [4.69, 9.17) is 4.74 Å². The molecule has 0 aliphatic heterocycles. The molecule has 3 aromatic rings. The molecule has 0 radical (unpaired) electrons. The van der Waals surface area contributed by atoms with Crippen molar-refractivity contribution < 1.29 is 9.53 Å². The van der Waals surface area contributed by atoms with Crippen molar-refractivity contribution >= 4 is 23.1 Å². The number of carbonyl (C=O) groups is 1. The Hall–Kier alpha value is -3.02. The van der Waals surface area contributed by atoms with E-state index < -0.39 is 0 Å². The number of imidazole rings is 1. The topological polar surface area (TPSA) is 68.3 Å². The van der Waals surface area contributed by atoms with Crippen molar-refractivity contribution in [3.05, 3.63) is 59.4 Å². The van der Waals surface area contributed by atoms with Gasteiger partial charge < -0.3 is 4.74 Å². The Kier molecular flexibility index (Phi) is 4.37. The van der Waals surface area contributed by atoms with E-state index in [0.717, 1.165) is 22.6 Å². The van der Waals surface area contributed by atoms with Crippen molar-refractivity contribution in [2.75, 3.05) is 7.11 Å². The molecular formula is C18H18N4O2. The second kappa shape index (κ2) is 6.62. The number of fused-ring (bicyclic) bond motifs is 1. The maximum absolute atomic E-state index is 11.7. The van der Waals surface area contributed by atoms with Crippen LogP contribution in [0.15, 0.2) is 52.7 Å². The third-order valence-corrected chi connectivity index (χ3v) is 3.72. The molecule has 0 atom stereocenters. The third kappa shape index (κ3) is 3.17. The molecule has 0 unspecified atom stereocenters. The molecule has 0 amide bonds. The first-order valence-corrected chi connectivity index (χ1v) is 7.60. The largest absolute Gasteiger partial charge is 0.469 e. The van der Waals surface area contributed by atoms with Crippen molar-refractivity contribution in [2.24, 2.45) is 10.2 Å². The number of ether oxygens (including phenoxy) is 1. The zero-order valence-electron chi connectivity index (χ0n) is 13.9. The van der Waals surface area contributed by atoms with E-state index in [0.29, 0.717) is 11.5 Å². The molecule has 0 bridgehead atoms. The van der Waals surface area contributed by atoms with Crippen LogP contribution >= 0.6 is 0 Å². The summed E-state index contributed by atoms with van der Waals surface area (Å²) in [6.45, 7) is 3.98. The molecule has 1 aromatic carbocycles. The average molecular weight is 322 g/mol. The summed E-state index contributed by atoms with van der Waals surface area (Å²) in [5, 5.41) is 8.65. The van der Waals surface area contributed by atoms with E-state index in [9.17, 15) is 4.79 Å². The fourth-order valence-electron chi connectivity index (χ4n) is 2.43. The van der Waals surface area contributed by atoms with Gasteiger partial charge in [0.1, 0.15) is 5.65 Å². The highest BCUT2D eigenvalue weighted by Gasteiger charge is 2.16. The van der Waals surface area contributed by atoms with Crippen molar-refractivity contribution in [1.29, 1.82) is 0 Å². The van der Waals surface area contributed by atoms with Gasteiger partial charge in [0.25, 0.3) is 0 Å². The van der Waals surface area contributed by atoms with Gasteiger partial charge in [0.2, 0.25) is 0 Å². The predicted octanol–water partition coefficient (Wildman–Crippen LogP) is 4.08. The zero-order chi connectivity index (χ0) is 17.1. The maximum Gasteiger partial charge on any atom is 0.311 e. The van der Waals surface area contributed by atoms with Crippen LogP contribution < -0.4 is 0 Å². The molecule has 122 valence electrons. The Morgan fingerprint density at radius 2 is 1.88 bits per heavy atom. The minimum Gasteiger partial charge on any atom is -0.469 e. The summed E-state index contributed by atoms with van der Waals surface area (Å²) >= 11 is 0. The molecule has 6 nitrogen and oxygen atoms in total. The fourth-order valence-corrected chi connectivity index (χ4v) is 2.43. The van der Waals surface area contributed by atoms with Crippen LogP contribution in [-0.2, 0) is 16.0 Å². The van der Waals surface area contributed by atoms with Crippen LogP contribution in [0.4, 0.5) is 11.5 Å². The standard InChI is InChI=1S/C18H18N4O2/c1-12-7-9-14(10-8-12)20-21-18-15(11-17(23)24-3)19-16-6-4-5-13(2)22(16)18/h4-10H,11H2,1-3H3. The molecule has 3 rings (SSSR count). The number of benzene rings is 1. The van der Waals surface area contributed by atoms with Gasteiger partial charge in [-0.3, -0.25) is 9.20 Å². The Bertz CT molecular complexity index is 911. The molecule has 0 saturated carbocycles. The first-order valence-electron chi connectivity index (χ1n) is 7.60. The summed E-state index contributed by atoms with van der Waals surface area (Å²) in [4.78, 5) is 16.2. The van der Waals surface area contributed by atoms with Gasteiger partial charge in [-0.25, -0.2) is 4.98 Å². The number of esters is 1. The summed E-state index contributed by atoms with van der Waals surface area (Å²) in [7, 11) is 1.36. The molecule has 24 heavy (non-hydrogen) atoms. The number of methoxy groups -OCH3 is 1. The number of azo groups is 1. The number of hydrogen-bond donors (Lipinski definition) is 0. The van der Waals surface area contributed by atoms with Crippen LogP contribution in [0.3, 0.4) is 0 Å². The second-order valence-corrected chi connectivity index (χ2v) is 5.53. The molecule has 2 heterocycles. The highest BCUT2D eigenvalue weighted by molar-refractivity contribution is 5.74. The van der Waals surface area contributed by atoms with Gasteiger partial charge in [-0.05, 0) is 38.1 Å². The summed E-state index contributed by atoms with van der Waals surface area (Å²) < 4.78 is 6.64. The molecule has 0 N–H and O–H groups in total. The van der Waals surface area contributed by atoms with Gasteiger partial charge >= 0.3 is 5.97 Å². The van der Waals surface area contributed by atoms with Gasteiger partial charge in [-0.1, -0.05) is 23.8 Å². The van der Waals surface area contributed by atoms with Gasteiger partial charge in [0.15, 0.2) is 5.82 Å². The quantitative estimate of drug-likeness (QED) is 0.537. The van der Waals surface area contributed by atoms with E-state index in [1.807, 2.05) is 60.7 Å². The van der Waals surface area contributed by atoms with Crippen LogP contribution in [0.5, 0.6) is 0 Å². The number of hydrogen-bond acceptors (Lipinski definition) is 5. The monoisotopic (exact) mass is 322 g/mol. The number of pyridine rings is 1. The van der Waals surface area contributed by atoms with Crippen molar-refractivity contribution in [1.82, 2.24) is 9.38 Å². The Morgan fingerprint density at radius 1 is 1.12 bits per heavy atom.